The molecule has 0 aliphatic carbocycles. The van der Waals surface area contributed by atoms with Crippen LogP contribution in [0.1, 0.15) is 64.2 Å². The van der Waals surface area contributed by atoms with Crippen LogP contribution in [0.25, 0.3) is 0 Å². The molecule has 0 spiro atoms. The fraction of sp³-hybridized carbons (Fsp3) is 0.875. The van der Waals surface area contributed by atoms with Crippen LogP contribution in [0.4, 0.5) is 0 Å². The van der Waals surface area contributed by atoms with Crippen LogP contribution in [0.15, 0.2) is 0 Å². The van der Waals surface area contributed by atoms with E-state index in [9.17, 15) is 14.7 Å². The first-order chi connectivity index (χ1) is 11.1. The van der Waals surface area contributed by atoms with Crippen molar-refractivity contribution < 1.29 is 34.4 Å². The van der Waals surface area contributed by atoms with Crippen molar-refractivity contribution in [1.29, 1.82) is 0 Å². The Morgan fingerprint density at radius 2 is 1.39 bits per heavy atom. The summed E-state index contributed by atoms with van der Waals surface area (Å²) in [5.74, 6) is -0.781. The largest absolute Gasteiger partial charge is 0.466 e. The maximum absolute atomic E-state index is 11.5. The van der Waals surface area contributed by atoms with Crippen LogP contribution < -0.4 is 0 Å². The number of carbonyl (C=O) groups is 2. The summed E-state index contributed by atoms with van der Waals surface area (Å²) >= 11 is 0. The lowest BCUT2D eigenvalue weighted by atomic mass is 10.2. The standard InChI is InChI=1S/C16H30O7/c17-11-5-1-2-9-15(20)23-16(21)10-4-3-8-14(19)22-13-7-6-12-18/h15,17-18,20H,1-13H2. The Morgan fingerprint density at radius 3 is 2.04 bits per heavy atom. The molecule has 1 atom stereocenters. The smallest absolute Gasteiger partial charge is 0.308 e. The van der Waals surface area contributed by atoms with Gasteiger partial charge in [0.1, 0.15) is 0 Å². The van der Waals surface area contributed by atoms with E-state index in [0.29, 0.717) is 51.6 Å². The molecule has 7 nitrogen and oxygen atoms in total. The van der Waals surface area contributed by atoms with Crippen molar-refractivity contribution in [2.75, 3.05) is 19.8 Å². The zero-order valence-electron chi connectivity index (χ0n) is 13.7. The Kier molecular flexibility index (Phi) is 14.9. The molecule has 7 heteroatoms. The van der Waals surface area contributed by atoms with Gasteiger partial charge in [-0.25, -0.2) is 0 Å². The van der Waals surface area contributed by atoms with Crippen molar-refractivity contribution in [3.8, 4) is 0 Å². The fourth-order valence-corrected chi connectivity index (χ4v) is 1.89. The fourth-order valence-electron chi connectivity index (χ4n) is 1.89. The van der Waals surface area contributed by atoms with Gasteiger partial charge in [0.05, 0.1) is 6.61 Å². The van der Waals surface area contributed by atoms with E-state index in [-0.39, 0.29) is 32.0 Å². The summed E-state index contributed by atoms with van der Waals surface area (Å²) in [4.78, 5) is 22.8. The van der Waals surface area contributed by atoms with Crippen molar-refractivity contribution in [2.24, 2.45) is 0 Å². The molecule has 0 fully saturated rings. The van der Waals surface area contributed by atoms with Gasteiger partial charge in [-0.2, -0.15) is 0 Å². The highest BCUT2D eigenvalue weighted by molar-refractivity contribution is 5.70. The van der Waals surface area contributed by atoms with Gasteiger partial charge in [-0.3, -0.25) is 9.59 Å². The lowest BCUT2D eigenvalue weighted by Gasteiger charge is -2.11. The van der Waals surface area contributed by atoms with Gasteiger partial charge >= 0.3 is 11.9 Å². The normalized spacial score (nSPS) is 12.0. The number of rotatable bonds is 15. The average Bonchev–Trinajstić information content (AvgIpc) is 2.52. The number of hydrogen-bond donors (Lipinski definition) is 3. The van der Waals surface area contributed by atoms with Crippen LogP contribution >= 0.6 is 0 Å². The molecule has 0 aromatic carbocycles. The van der Waals surface area contributed by atoms with Crippen molar-refractivity contribution in [3.63, 3.8) is 0 Å². The first-order valence-electron chi connectivity index (χ1n) is 8.35. The number of carbonyl (C=O) groups excluding carboxylic acids is 2. The summed E-state index contributed by atoms with van der Waals surface area (Å²) in [7, 11) is 0. The number of aliphatic hydroxyl groups excluding tert-OH is 3. The van der Waals surface area contributed by atoms with E-state index in [1.165, 1.54) is 0 Å². The van der Waals surface area contributed by atoms with Gasteiger partial charge < -0.3 is 24.8 Å². The highest BCUT2D eigenvalue weighted by Crippen LogP contribution is 2.08. The molecule has 1 unspecified atom stereocenters. The molecule has 0 saturated carbocycles. The number of ether oxygens (including phenoxy) is 2. The molecule has 23 heavy (non-hydrogen) atoms. The molecule has 3 N–H and O–H groups in total. The molecular formula is C16H30O7. The number of aliphatic hydroxyl groups is 3. The van der Waals surface area contributed by atoms with Crippen molar-refractivity contribution >= 4 is 11.9 Å². The maximum atomic E-state index is 11.5. The highest BCUT2D eigenvalue weighted by atomic mass is 16.6. The SMILES string of the molecule is O=C(CCCCC(=O)OC(O)CCCCCO)OCCCCO. The third kappa shape index (κ3) is 15.5. The summed E-state index contributed by atoms with van der Waals surface area (Å²) in [6.07, 6.45) is 4.11. The van der Waals surface area contributed by atoms with E-state index in [2.05, 4.69) is 0 Å². The molecule has 0 rings (SSSR count). The van der Waals surface area contributed by atoms with Crippen LogP contribution in [-0.4, -0.2) is 53.4 Å². The molecule has 0 heterocycles. The second-order valence-corrected chi connectivity index (χ2v) is 5.38. The van der Waals surface area contributed by atoms with E-state index in [1.807, 2.05) is 0 Å². The Balaban J connectivity index is 3.49. The molecule has 0 aliphatic rings. The minimum Gasteiger partial charge on any atom is -0.466 e. The van der Waals surface area contributed by atoms with Gasteiger partial charge in [0.2, 0.25) is 6.29 Å². The van der Waals surface area contributed by atoms with Crippen molar-refractivity contribution in [1.82, 2.24) is 0 Å². The Hall–Kier alpha value is -1.18. The van der Waals surface area contributed by atoms with Gasteiger partial charge in [-0.1, -0.05) is 6.42 Å². The summed E-state index contributed by atoms with van der Waals surface area (Å²) in [5, 5.41) is 26.7. The minimum absolute atomic E-state index is 0.0902. The van der Waals surface area contributed by atoms with Gasteiger partial charge in [-0.15, -0.1) is 0 Å². The zero-order chi connectivity index (χ0) is 17.3. The Labute approximate surface area is 137 Å². The summed E-state index contributed by atoms with van der Waals surface area (Å²) < 4.78 is 9.80. The Morgan fingerprint density at radius 1 is 0.783 bits per heavy atom. The predicted molar refractivity (Wildman–Crippen MR) is 83.4 cm³/mol. The predicted octanol–water partition coefficient (Wildman–Crippen LogP) is 1.28. The van der Waals surface area contributed by atoms with Gasteiger partial charge in [0, 0.05) is 32.5 Å². The molecular weight excluding hydrogens is 304 g/mol. The first-order valence-corrected chi connectivity index (χ1v) is 8.35. The molecule has 0 radical (unpaired) electrons. The Bertz CT molecular complexity index is 307. The molecule has 0 aliphatic heterocycles. The molecule has 0 aromatic heterocycles. The second-order valence-electron chi connectivity index (χ2n) is 5.38. The third-order valence-electron chi connectivity index (χ3n) is 3.20. The van der Waals surface area contributed by atoms with E-state index in [1.54, 1.807) is 0 Å². The van der Waals surface area contributed by atoms with Crippen LogP contribution in [-0.2, 0) is 19.1 Å². The van der Waals surface area contributed by atoms with E-state index < -0.39 is 12.3 Å². The first kappa shape index (κ1) is 21.8. The summed E-state index contributed by atoms with van der Waals surface area (Å²) in [6, 6.07) is 0. The molecule has 0 saturated heterocycles. The maximum Gasteiger partial charge on any atom is 0.308 e. The van der Waals surface area contributed by atoms with E-state index >= 15 is 0 Å². The molecule has 0 bridgehead atoms. The second kappa shape index (κ2) is 15.7. The van der Waals surface area contributed by atoms with Gasteiger partial charge in [-0.05, 0) is 38.5 Å². The highest BCUT2D eigenvalue weighted by Gasteiger charge is 2.11. The van der Waals surface area contributed by atoms with Gasteiger partial charge in [0.15, 0.2) is 0 Å². The number of hydrogen-bond acceptors (Lipinski definition) is 7. The van der Waals surface area contributed by atoms with Crippen LogP contribution in [0.2, 0.25) is 0 Å². The van der Waals surface area contributed by atoms with E-state index in [0.717, 1.165) is 6.42 Å². The number of unbranched alkanes of at least 4 members (excludes halogenated alkanes) is 4. The lowest BCUT2D eigenvalue weighted by Crippen LogP contribution is -2.17. The number of esters is 2. The third-order valence-corrected chi connectivity index (χ3v) is 3.20. The minimum atomic E-state index is -1.10. The van der Waals surface area contributed by atoms with Crippen LogP contribution in [0.3, 0.4) is 0 Å². The monoisotopic (exact) mass is 334 g/mol. The summed E-state index contributed by atoms with van der Waals surface area (Å²) in [6.45, 7) is 0.524. The lowest BCUT2D eigenvalue weighted by molar-refractivity contribution is -0.169. The zero-order valence-corrected chi connectivity index (χ0v) is 13.7. The average molecular weight is 334 g/mol. The topological polar surface area (TPSA) is 113 Å². The van der Waals surface area contributed by atoms with Crippen LogP contribution in [0, 0.1) is 0 Å². The van der Waals surface area contributed by atoms with E-state index in [4.69, 9.17) is 19.7 Å². The quantitative estimate of drug-likeness (QED) is 0.235. The van der Waals surface area contributed by atoms with Crippen molar-refractivity contribution in [3.05, 3.63) is 0 Å². The molecule has 136 valence electrons. The summed E-state index contributed by atoms with van der Waals surface area (Å²) in [5.41, 5.74) is 0. The van der Waals surface area contributed by atoms with Crippen molar-refractivity contribution in [2.45, 2.75) is 70.5 Å². The molecule has 0 aromatic rings. The molecule has 0 amide bonds. The van der Waals surface area contributed by atoms with Gasteiger partial charge in [0.25, 0.3) is 0 Å². The van der Waals surface area contributed by atoms with Crippen LogP contribution in [0.5, 0.6) is 0 Å².